The highest BCUT2D eigenvalue weighted by molar-refractivity contribution is 6.08. The minimum atomic E-state index is -0.478. The number of benzene rings is 3. The van der Waals surface area contributed by atoms with E-state index in [1.165, 1.54) is 0 Å². The molecule has 3 aromatic carbocycles. The van der Waals surface area contributed by atoms with Crippen molar-refractivity contribution >= 4 is 28.9 Å². The average Bonchev–Trinajstić information content (AvgIpc) is 2.63. The number of carbonyl (C=O) groups excluding carboxylic acids is 2. The largest absolute Gasteiger partial charge is 0.366 e. The molecule has 0 bridgehead atoms. The van der Waals surface area contributed by atoms with E-state index in [9.17, 15) is 9.59 Å². The monoisotopic (exact) mass is 331 g/mol. The first-order valence-corrected chi connectivity index (χ1v) is 7.76. The highest BCUT2D eigenvalue weighted by Gasteiger charge is 2.11. The summed E-state index contributed by atoms with van der Waals surface area (Å²) in [6.45, 7) is 0. The fourth-order valence-corrected chi connectivity index (χ4v) is 2.38. The predicted octanol–water partition coefficient (Wildman–Crippen LogP) is 3.78. The van der Waals surface area contributed by atoms with E-state index in [2.05, 4.69) is 10.6 Å². The van der Waals surface area contributed by atoms with E-state index in [4.69, 9.17) is 5.73 Å². The van der Waals surface area contributed by atoms with Crippen LogP contribution in [0.2, 0.25) is 0 Å². The van der Waals surface area contributed by atoms with Crippen LogP contribution in [0.15, 0.2) is 78.9 Å². The number of primary amides is 1. The highest BCUT2D eigenvalue weighted by atomic mass is 16.2. The van der Waals surface area contributed by atoms with Crippen molar-refractivity contribution in [2.75, 3.05) is 10.6 Å². The summed E-state index contributed by atoms with van der Waals surface area (Å²) >= 11 is 0. The van der Waals surface area contributed by atoms with Crippen LogP contribution in [0.3, 0.4) is 0 Å². The van der Waals surface area contributed by atoms with Gasteiger partial charge in [-0.3, -0.25) is 9.59 Å². The molecule has 0 atom stereocenters. The number of amides is 2. The van der Waals surface area contributed by atoms with E-state index in [-0.39, 0.29) is 5.91 Å². The van der Waals surface area contributed by atoms with E-state index in [0.717, 1.165) is 11.4 Å². The van der Waals surface area contributed by atoms with Gasteiger partial charge in [-0.1, -0.05) is 30.3 Å². The van der Waals surface area contributed by atoms with Crippen LogP contribution in [0.5, 0.6) is 0 Å². The van der Waals surface area contributed by atoms with Crippen molar-refractivity contribution in [3.05, 3.63) is 90.0 Å². The van der Waals surface area contributed by atoms with Crippen LogP contribution in [0.25, 0.3) is 0 Å². The van der Waals surface area contributed by atoms with Gasteiger partial charge in [-0.25, -0.2) is 0 Å². The van der Waals surface area contributed by atoms with Crippen molar-refractivity contribution in [3.8, 4) is 0 Å². The summed E-state index contributed by atoms with van der Waals surface area (Å²) in [5.74, 6) is -0.683. The zero-order valence-corrected chi connectivity index (χ0v) is 13.4. The number of anilines is 3. The Bertz CT molecular complexity index is 890. The van der Waals surface area contributed by atoms with Gasteiger partial charge in [-0.2, -0.15) is 0 Å². The Kier molecular flexibility index (Phi) is 4.76. The van der Waals surface area contributed by atoms with Gasteiger partial charge < -0.3 is 16.4 Å². The Morgan fingerprint density at radius 2 is 1.36 bits per heavy atom. The highest BCUT2D eigenvalue weighted by Crippen LogP contribution is 2.22. The van der Waals surface area contributed by atoms with Gasteiger partial charge in [-0.05, 0) is 48.5 Å². The minimum absolute atomic E-state index is 0.206. The third-order valence-electron chi connectivity index (χ3n) is 3.65. The van der Waals surface area contributed by atoms with Crippen LogP contribution in [0.4, 0.5) is 17.1 Å². The van der Waals surface area contributed by atoms with E-state index in [1.807, 2.05) is 42.5 Å². The maximum Gasteiger partial charge on any atom is 0.257 e. The summed E-state index contributed by atoms with van der Waals surface area (Å²) in [4.78, 5) is 23.7. The van der Waals surface area contributed by atoms with Crippen molar-refractivity contribution in [1.82, 2.24) is 0 Å². The van der Waals surface area contributed by atoms with E-state index >= 15 is 0 Å². The molecule has 0 aliphatic carbocycles. The number of para-hydroxylation sites is 2. The first-order valence-electron chi connectivity index (χ1n) is 7.76. The van der Waals surface area contributed by atoms with Crippen LogP contribution in [0.1, 0.15) is 20.7 Å². The number of carbonyl (C=O) groups is 2. The Hall–Kier alpha value is -3.60. The lowest BCUT2D eigenvalue weighted by atomic mass is 10.1. The van der Waals surface area contributed by atoms with Gasteiger partial charge in [0.1, 0.15) is 0 Å². The maximum absolute atomic E-state index is 12.6. The molecule has 0 unspecified atom stereocenters. The lowest BCUT2D eigenvalue weighted by Gasteiger charge is -2.12. The minimum Gasteiger partial charge on any atom is -0.366 e. The van der Waals surface area contributed by atoms with Gasteiger partial charge >= 0.3 is 0 Å². The maximum atomic E-state index is 12.6. The Balaban J connectivity index is 1.81. The summed E-state index contributed by atoms with van der Waals surface area (Å²) < 4.78 is 0. The first kappa shape index (κ1) is 16.3. The summed E-state index contributed by atoms with van der Waals surface area (Å²) in [5, 5.41) is 6.06. The molecular weight excluding hydrogens is 314 g/mol. The molecule has 5 nitrogen and oxygen atoms in total. The van der Waals surface area contributed by atoms with Crippen LogP contribution in [0, 0.1) is 0 Å². The molecule has 0 saturated heterocycles. The van der Waals surface area contributed by atoms with Gasteiger partial charge in [0.05, 0.1) is 11.3 Å². The Morgan fingerprint density at radius 3 is 2.04 bits per heavy atom. The van der Waals surface area contributed by atoms with Crippen LogP contribution >= 0.6 is 0 Å². The van der Waals surface area contributed by atoms with Crippen molar-refractivity contribution in [2.45, 2.75) is 0 Å². The molecule has 0 fully saturated rings. The molecule has 5 heteroatoms. The smallest absolute Gasteiger partial charge is 0.257 e. The fourth-order valence-electron chi connectivity index (χ4n) is 2.38. The van der Waals surface area contributed by atoms with Gasteiger partial charge in [0.2, 0.25) is 5.91 Å². The van der Waals surface area contributed by atoms with Gasteiger partial charge in [0.25, 0.3) is 5.91 Å². The topological polar surface area (TPSA) is 84.2 Å². The van der Waals surface area contributed by atoms with Crippen LogP contribution in [-0.2, 0) is 0 Å². The molecule has 0 aliphatic heterocycles. The lowest BCUT2D eigenvalue weighted by Crippen LogP contribution is -2.14. The molecule has 124 valence electrons. The van der Waals surface area contributed by atoms with Crippen LogP contribution in [-0.4, -0.2) is 11.8 Å². The second kappa shape index (κ2) is 7.31. The number of nitrogens with two attached hydrogens (primary N) is 1. The Labute approximate surface area is 145 Å². The van der Waals surface area contributed by atoms with Gasteiger partial charge in [0, 0.05) is 16.9 Å². The number of nitrogens with one attached hydrogen (secondary N) is 2. The van der Waals surface area contributed by atoms with Crippen molar-refractivity contribution < 1.29 is 9.59 Å². The molecule has 2 amide bonds. The normalized spacial score (nSPS) is 10.1. The third kappa shape index (κ3) is 4.03. The summed E-state index contributed by atoms with van der Waals surface area (Å²) in [7, 11) is 0. The number of hydrogen-bond donors (Lipinski definition) is 3. The molecule has 3 rings (SSSR count). The zero-order chi connectivity index (χ0) is 17.6. The van der Waals surface area contributed by atoms with Crippen molar-refractivity contribution in [1.29, 1.82) is 0 Å². The summed E-state index contributed by atoms with van der Waals surface area (Å²) in [6.07, 6.45) is 0. The van der Waals surface area contributed by atoms with E-state index < -0.39 is 5.91 Å². The zero-order valence-electron chi connectivity index (χ0n) is 13.4. The van der Waals surface area contributed by atoms with Gasteiger partial charge in [-0.15, -0.1) is 0 Å². The van der Waals surface area contributed by atoms with E-state index in [0.29, 0.717) is 16.8 Å². The van der Waals surface area contributed by atoms with Crippen LogP contribution < -0.4 is 16.4 Å². The molecular formula is C20H17N3O2. The molecule has 0 aliphatic rings. The predicted molar refractivity (Wildman–Crippen MR) is 99.1 cm³/mol. The molecule has 0 radical (unpaired) electrons. The Morgan fingerprint density at radius 1 is 0.720 bits per heavy atom. The quantitative estimate of drug-likeness (QED) is 0.665. The summed E-state index contributed by atoms with van der Waals surface area (Å²) in [5.41, 5.74) is 8.34. The molecule has 0 spiro atoms. The fraction of sp³-hybridized carbons (Fsp3) is 0. The van der Waals surface area contributed by atoms with Crippen molar-refractivity contribution in [2.24, 2.45) is 5.73 Å². The summed E-state index contributed by atoms with van der Waals surface area (Å²) in [6, 6.07) is 23.3. The molecule has 25 heavy (non-hydrogen) atoms. The lowest BCUT2D eigenvalue weighted by molar-refractivity contribution is 0.0997. The third-order valence-corrected chi connectivity index (χ3v) is 3.65. The standard InChI is InChI=1S/C20H17N3O2/c21-19(24)14-10-12-16(13-11-14)22-18-9-5-4-8-17(18)20(25)23-15-6-2-1-3-7-15/h1-13,22H,(H2,21,24)(H,23,25). The van der Waals surface area contributed by atoms with E-state index in [1.54, 1.807) is 36.4 Å². The molecule has 0 heterocycles. The molecule has 3 aromatic rings. The second-order valence-corrected chi connectivity index (χ2v) is 5.43. The molecule has 4 N–H and O–H groups in total. The number of rotatable bonds is 5. The second-order valence-electron chi connectivity index (χ2n) is 5.43. The molecule has 0 saturated carbocycles. The first-order chi connectivity index (χ1) is 12.1. The van der Waals surface area contributed by atoms with Gasteiger partial charge in [0.15, 0.2) is 0 Å². The average molecular weight is 331 g/mol. The number of hydrogen-bond acceptors (Lipinski definition) is 3. The molecule has 0 aromatic heterocycles. The SMILES string of the molecule is NC(=O)c1ccc(Nc2ccccc2C(=O)Nc2ccccc2)cc1. The van der Waals surface area contributed by atoms with Crippen molar-refractivity contribution in [3.63, 3.8) is 0 Å².